The van der Waals surface area contributed by atoms with Gasteiger partial charge in [0.05, 0.1) is 11.4 Å². The van der Waals surface area contributed by atoms with Crippen LogP contribution in [0.2, 0.25) is 0 Å². The summed E-state index contributed by atoms with van der Waals surface area (Å²) < 4.78 is 0. The minimum Gasteiger partial charge on any atom is -0.260 e. The molecule has 2 rings (SSSR count). The summed E-state index contributed by atoms with van der Waals surface area (Å²) in [5, 5.41) is 0. The van der Waals surface area contributed by atoms with Crippen molar-refractivity contribution in [2.24, 2.45) is 0 Å². The molecule has 2 aromatic rings. The average Bonchev–Trinajstić information content (AvgIpc) is 2.30. The van der Waals surface area contributed by atoms with E-state index in [2.05, 4.69) is 22.1 Å². The molecule has 0 radical (unpaired) electrons. The van der Waals surface area contributed by atoms with Gasteiger partial charge in [-0.3, -0.25) is 9.97 Å². The second kappa shape index (κ2) is 5.37. The molecular weight excluding hydrogens is 236 g/mol. The van der Waals surface area contributed by atoms with Crippen LogP contribution in [0.1, 0.15) is 11.4 Å². The largest absolute Gasteiger partial charge is 0.260 e. The summed E-state index contributed by atoms with van der Waals surface area (Å²) in [6, 6.07) is 8.11. The molecule has 0 aliphatic heterocycles. The van der Waals surface area contributed by atoms with Crippen LogP contribution in [0, 0.1) is 13.8 Å². The maximum atomic E-state index is 4.26. The van der Waals surface area contributed by atoms with Crippen LogP contribution in [-0.2, 0) is 0 Å². The third-order valence-electron chi connectivity index (χ3n) is 2.14. The lowest BCUT2D eigenvalue weighted by Crippen LogP contribution is -1.83. The number of rotatable bonds is 3. The van der Waals surface area contributed by atoms with Crippen LogP contribution in [0.15, 0.2) is 46.5 Å². The van der Waals surface area contributed by atoms with Gasteiger partial charge in [-0.1, -0.05) is 21.6 Å². The molecule has 0 bridgehead atoms. The van der Waals surface area contributed by atoms with Crippen LogP contribution in [0.5, 0.6) is 0 Å². The van der Waals surface area contributed by atoms with Crippen LogP contribution in [0.4, 0.5) is 0 Å². The van der Waals surface area contributed by atoms with Gasteiger partial charge < -0.3 is 0 Å². The first-order valence-electron chi connectivity index (χ1n) is 4.95. The van der Waals surface area contributed by atoms with E-state index in [9.17, 15) is 0 Å². The number of hydrogen-bond acceptors (Lipinski definition) is 4. The van der Waals surface area contributed by atoms with Gasteiger partial charge in [0.1, 0.15) is 0 Å². The van der Waals surface area contributed by atoms with Crippen molar-refractivity contribution in [2.45, 2.75) is 23.6 Å². The molecule has 4 heteroatoms. The van der Waals surface area contributed by atoms with Gasteiger partial charge in [-0.2, -0.15) is 0 Å². The predicted octanol–water partition coefficient (Wildman–Crippen LogP) is 3.89. The molecule has 0 aliphatic rings. The highest BCUT2D eigenvalue weighted by atomic mass is 33.1. The predicted molar refractivity (Wildman–Crippen MR) is 69.7 cm³/mol. The lowest BCUT2D eigenvalue weighted by Gasteiger charge is -2.05. The third-order valence-corrected chi connectivity index (χ3v) is 4.77. The lowest BCUT2D eigenvalue weighted by molar-refractivity contribution is 1.11. The molecule has 2 aromatic heterocycles. The zero-order chi connectivity index (χ0) is 11.4. The van der Waals surface area contributed by atoms with Gasteiger partial charge >= 0.3 is 0 Å². The van der Waals surface area contributed by atoms with Crippen LogP contribution >= 0.6 is 21.6 Å². The Hall–Kier alpha value is -1.00. The highest BCUT2D eigenvalue weighted by Gasteiger charge is 2.03. The molecule has 2 heterocycles. The zero-order valence-electron chi connectivity index (χ0n) is 9.18. The van der Waals surface area contributed by atoms with E-state index in [0.29, 0.717) is 0 Å². The molecule has 0 saturated heterocycles. The summed E-state index contributed by atoms with van der Waals surface area (Å²) in [4.78, 5) is 10.9. The second-order valence-electron chi connectivity index (χ2n) is 3.34. The fourth-order valence-electron chi connectivity index (χ4n) is 1.20. The minimum atomic E-state index is 1.07. The Morgan fingerprint density at radius 3 is 1.62 bits per heavy atom. The van der Waals surface area contributed by atoms with Crippen molar-refractivity contribution in [3.8, 4) is 0 Å². The molecule has 0 aliphatic carbocycles. The molecule has 16 heavy (non-hydrogen) atoms. The molecule has 0 amide bonds. The minimum absolute atomic E-state index is 1.07. The van der Waals surface area contributed by atoms with Crippen molar-refractivity contribution in [1.82, 2.24) is 9.97 Å². The monoisotopic (exact) mass is 248 g/mol. The average molecular weight is 248 g/mol. The number of nitrogens with zero attached hydrogens (tertiary/aromatic N) is 2. The van der Waals surface area contributed by atoms with E-state index in [1.807, 2.05) is 38.4 Å². The van der Waals surface area contributed by atoms with Crippen LogP contribution < -0.4 is 0 Å². The molecule has 0 aromatic carbocycles. The quantitative estimate of drug-likeness (QED) is 0.770. The van der Waals surface area contributed by atoms with Gasteiger partial charge in [0, 0.05) is 22.2 Å². The van der Waals surface area contributed by atoms with E-state index < -0.39 is 0 Å². The fourth-order valence-corrected chi connectivity index (χ4v) is 3.59. The van der Waals surface area contributed by atoms with Crippen molar-refractivity contribution < 1.29 is 0 Å². The van der Waals surface area contributed by atoms with Crippen molar-refractivity contribution in [1.29, 1.82) is 0 Å². The molecule has 0 atom stereocenters. The lowest BCUT2D eigenvalue weighted by atomic mass is 10.4. The van der Waals surface area contributed by atoms with Gasteiger partial charge in [-0.15, -0.1) is 0 Å². The molecule has 0 N–H and O–H groups in total. The third kappa shape index (κ3) is 2.77. The highest BCUT2D eigenvalue weighted by molar-refractivity contribution is 8.76. The van der Waals surface area contributed by atoms with Crippen molar-refractivity contribution in [3.63, 3.8) is 0 Å². The molecule has 0 unspecified atom stereocenters. The number of hydrogen-bond donors (Lipinski definition) is 0. The molecule has 0 saturated carbocycles. The normalized spacial score (nSPS) is 10.4. The maximum absolute atomic E-state index is 4.26. The topological polar surface area (TPSA) is 25.8 Å². The van der Waals surface area contributed by atoms with E-state index in [4.69, 9.17) is 0 Å². The Labute approximate surface area is 103 Å². The Kier molecular flexibility index (Phi) is 3.85. The van der Waals surface area contributed by atoms with Crippen molar-refractivity contribution in [2.75, 3.05) is 0 Å². The van der Waals surface area contributed by atoms with Crippen LogP contribution in [0.25, 0.3) is 0 Å². The van der Waals surface area contributed by atoms with Crippen LogP contribution in [-0.4, -0.2) is 9.97 Å². The second-order valence-corrected chi connectivity index (χ2v) is 5.55. The maximum Gasteiger partial charge on any atom is 0.0517 e. The Morgan fingerprint density at radius 1 is 0.812 bits per heavy atom. The smallest absolute Gasteiger partial charge is 0.0517 e. The standard InChI is InChI=1S/C12H12N2S2/c1-9-11(5-3-7-13-9)15-16-12-6-4-8-14-10(12)2/h3-8H,1-2H3. The summed E-state index contributed by atoms with van der Waals surface area (Å²) in [6.07, 6.45) is 3.64. The SMILES string of the molecule is Cc1ncccc1SSc1cccnc1C. The van der Waals surface area contributed by atoms with Gasteiger partial charge in [-0.25, -0.2) is 0 Å². The van der Waals surface area contributed by atoms with Gasteiger partial charge in [0.15, 0.2) is 0 Å². The number of aromatic nitrogens is 2. The van der Waals surface area contributed by atoms with E-state index >= 15 is 0 Å². The van der Waals surface area contributed by atoms with Crippen LogP contribution in [0.3, 0.4) is 0 Å². The van der Waals surface area contributed by atoms with Crippen molar-refractivity contribution >= 4 is 21.6 Å². The number of aryl methyl sites for hydroxylation is 2. The summed E-state index contributed by atoms with van der Waals surface area (Å²) in [7, 11) is 3.46. The Bertz CT molecular complexity index is 440. The Balaban J connectivity index is 2.09. The number of pyridine rings is 2. The first kappa shape index (κ1) is 11.5. The van der Waals surface area contributed by atoms with Gasteiger partial charge in [0.25, 0.3) is 0 Å². The molecule has 0 fully saturated rings. The summed E-state index contributed by atoms with van der Waals surface area (Å²) in [5.41, 5.74) is 2.14. The molecule has 0 spiro atoms. The summed E-state index contributed by atoms with van der Waals surface area (Å²) >= 11 is 0. The van der Waals surface area contributed by atoms with E-state index in [1.165, 1.54) is 9.79 Å². The molecular formula is C12H12N2S2. The highest BCUT2D eigenvalue weighted by Crippen LogP contribution is 2.38. The molecule has 82 valence electrons. The van der Waals surface area contributed by atoms with Crippen molar-refractivity contribution in [3.05, 3.63) is 48.0 Å². The van der Waals surface area contributed by atoms with E-state index in [-0.39, 0.29) is 0 Å². The summed E-state index contributed by atoms with van der Waals surface area (Å²) in [6.45, 7) is 4.05. The zero-order valence-corrected chi connectivity index (χ0v) is 10.8. The van der Waals surface area contributed by atoms with Gasteiger partial charge in [0.2, 0.25) is 0 Å². The molecule has 2 nitrogen and oxygen atoms in total. The Morgan fingerprint density at radius 2 is 1.25 bits per heavy atom. The van der Waals surface area contributed by atoms with E-state index in [0.717, 1.165) is 11.4 Å². The van der Waals surface area contributed by atoms with Gasteiger partial charge in [-0.05, 0) is 38.1 Å². The fraction of sp³-hybridized carbons (Fsp3) is 0.167. The first-order chi connectivity index (χ1) is 7.77. The van der Waals surface area contributed by atoms with E-state index in [1.54, 1.807) is 21.6 Å². The summed E-state index contributed by atoms with van der Waals surface area (Å²) in [5.74, 6) is 0. The first-order valence-corrected chi connectivity index (χ1v) is 7.10.